The molecular formula is C11H11Br2N3O2S2. The zero-order valence-corrected chi connectivity index (χ0v) is 15.3. The molecule has 0 fully saturated rings. The van der Waals surface area contributed by atoms with Crippen LogP contribution in [0, 0.1) is 0 Å². The average molecular weight is 441 g/mol. The smallest absolute Gasteiger partial charge is 0.313 e. The second kappa shape index (κ2) is 7.06. The number of nitrogens with zero attached hydrogens (tertiary/aromatic N) is 3. The Labute approximate surface area is 141 Å². The first-order valence-corrected chi connectivity index (χ1v) is 9.14. The fourth-order valence-corrected chi connectivity index (χ4v) is 4.30. The summed E-state index contributed by atoms with van der Waals surface area (Å²) in [6, 6.07) is 1.98. The van der Waals surface area contributed by atoms with Crippen LogP contribution in [0.5, 0.6) is 0 Å². The Hall–Kier alpha value is -0.380. The summed E-state index contributed by atoms with van der Waals surface area (Å²) in [4.78, 5) is 11.7. The Morgan fingerprint density at radius 2 is 2.25 bits per heavy atom. The van der Waals surface area contributed by atoms with Crippen molar-refractivity contribution in [3.05, 3.63) is 14.3 Å². The van der Waals surface area contributed by atoms with Gasteiger partial charge in [0, 0.05) is 11.0 Å². The molecule has 5 nitrogen and oxygen atoms in total. The van der Waals surface area contributed by atoms with Crippen LogP contribution in [-0.2, 0) is 11.3 Å². The minimum Gasteiger partial charge on any atom is -0.481 e. The molecule has 0 spiro atoms. The fourth-order valence-electron chi connectivity index (χ4n) is 1.59. The summed E-state index contributed by atoms with van der Waals surface area (Å²) >= 11 is 9.68. The monoisotopic (exact) mass is 439 g/mol. The van der Waals surface area contributed by atoms with Gasteiger partial charge in [0.15, 0.2) is 11.0 Å². The van der Waals surface area contributed by atoms with Crippen LogP contribution in [-0.4, -0.2) is 31.6 Å². The molecule has 1 N–H and O–H groups in total. The molecule has 0 bridgehead atoms. The molecule has 0 aliphatic rings. The van der Waals surface area contributed by atoms with E-state index >= 15 is 0 Å². The molecule has 0 aliphatic carbocycles. The first kappa shape index (κ1) is 16.0. The van der Waals surface area contributed by atoms with Crippen LogP contribution in [0.25, 0.3) is 10.7 Å². The van der Waals surface area contributed by atoms with E-state index in [1.165, 1.54) is 11.8 Å². The molecule has 2 aromatic heterocycles. The molecule has 0 atom stereocenters. The van der Waals surface area contributed by atoms with Gasteiger partial charge in [-0.05, 0) is 44.3 Å². The van der Waals surface area contributed by atoms with Crippen molar-refractivity contribution in [1.82, 2.24) is 14.8 Å². The van der Waals surface area contributed by atoms with Crippen molar-refractivity contribution < 1.29 is 9.90 Å². The van der Waals surface area contributed by atoms with Crippen molar-refractivity contribution in [2.45, 2.75) is 25.0 Å². The third-order valence-corrected chi connectivity index (χ3v) is 6.56. The molecule has 0 unspecified atom stereocenters. The predicted octanol–water partition coefficient (Wildman–Crippen LogP) is 4.12. The Bertz CT molecular complexity index is 608. The van der Waals surface area contributed by atoms with Crippen LogP contribution >= 0.6 is 55.0 Å². The normalized spacial score (nSPS) is 10.9. The van der Waals surface area contributed by atoms with E-state index in [9.17, 15) is 4.79 Å². The third-order valence-electron chi connectivity index (χ3n) is 2.35. The molecular weight excluding hydrogens is 430 g/mol. The molecule has 9 heteroatoms. The third kappa shape index (κ3) is 3.63. The lowest BCUT2D eigenvalue weighted by Gasteiger charge is -2.06. The standard InChI is InChI=1S/C11H11Br2N3O2S2/c1-2-3-16-10(7-4-6(12)9(13)20-7)14-15-11(16)19-5-8(17)18/h4H,2-3,5H2,1H3,(H,17,18). The van der Waals surface area contributed by atoms with Gasteiger partial charge in [0.25, 0.3) is 0 Å². The highest BCUT2D eigenvalue weighted by molar-refractivity contribution is 9.13. The molecule has 0 aromatic carbocycles. The fraction of sp³-hybridized carbons (Fsp3) is 0.364. The van der Waals surface area contributed by atoms with E-state index in [2.05, 4.69) is 49.0 Å². The van der Waals surface area contributed by atoms with Crippen molar-refractivity contribution in [3.63, 3.8) is 0 Å². The molecule has 2 rings (SSSR count). The van der Waals surface area contributed by atoms with Gasteiger partial charge in [0.1, 0.15) is 0 Å². The predicted molar refractivity (Wildman–Crippen MR) is 87.4 cm³/mol. The number of thiophene rings is 1. The van der Waals surface area contributed by atoms with Gasteiger partial charge < -0.3 is 9.67 Å². The zero-order chi connectivity index (χ0) is 14.7. The van der Waals surface area contributed by atoms with Crippen LogP contribution in [0.4, 0.5) is 0 Å². The lowest BCUT2D eigenvalue weighted by molar-refractivity contribution is -0.133. The molecule has 0 radical (unpaired) electrons. The summed E-state index contributed by atoms with van der Waals surface area (Å²) in [5.41, 5.74) is 0. The Kier molecular flexibility index (Phi) is 5.65. The lowest BCUT2D eigenvalue weighted by Crippen LogP contribution is -2.04. The van der Waals surface area contributed by atoms with Gasteiger partial charge in [0.2, 0.25) is 0 Å². The van der Waals surface area contributed by atoms with Crippen molar-refractivity contribution in [2.24, 2.45) is 0 Å². The van der Waals surface area contributed by atoms with Crippen LogP contribution in [0.15, 0.2) is 19.5 Å². The van der Waals surface area contributed by atoms with Gasteiger partial charge in [-0.15, -0.1) is 21.5 Å². The van der Waals surface area contributed by atoms with E-state index in [0.717, 1.165) is 31.9 Å². The molecule has 2 heterocycles. The first-order valence-electron chi connectivity index (χ1n) is 5.76. The number of hydrogen-bond acceptors (Lipinski definition) is 5. The number of rotatable bonds is 6. The minimum absolute atomic E-state index is 0.0142. The van der Waals surface area contributed by atoms with Crippen LogP contribution in [0.2, 0.25) is 0 Å². The highest BCUT2D eigenvalue weighted by Crippen LogP contribution is 2.38. The summed E-state index contributed by atoms with van der Waals surface area (Å²) < 4.78 is 3.94. The number of thioether (sulfide) groups is 1. The maximum Gasteiger partial charge on any atom is 0.313 e. The molecule has 108 valence electrons. The van der Waals surface area contributed by atoms with Gasteiger partial charge in [0.05, 0.1) is 14.4 Å². The van der Waals surface area contributed by atoms with Crippen molar-refractivity contribution in [1.29, 1.82) is 0 Å². The molecule has 0 saturated heterocycles. The molecule has 0 aliphatic heterocycles. The van der Waals surface area contributed by atoms with Gasteiger partial charge in [-0.1, -0.05) is 18.7 Å². The van der Waals surface area contributed by atoms with E-state index in [4.69, 9.17) is 5.11 Å². The highest BCUT2D eigenvalue weighted by atomic mass is 79.9. The van der Waals surface area contributed by atoms with E-state index in [1.807, 2.05) is 10.6 Å². The summed E-state index contributed by atoms with van der Waals surface area (Å²) in [7, 11) is 0. The SMILES string of the molecule is CCCn1c(SCC(=O)O)nnc1-c1cc(Br)c(Br)s1. The van der Waals surface area contributed by atoms with Gasteiger partial charge >= 0.3 is 5.97 Å². The second-order valence-corrected chi connectivity index (χ2v) is 8.04. The number of carboxylic acids is 1. The van der Waals surface area contributed by atoms with Crippen LogP contribution in [0.3, 0.4) is 0 Å². The molecule has 20 heavy (non-hydrogen) atoms. The number of carbonyl (C=O) groups is 1. The topological polar surface area (TPSA) is 68.0 Å². The molecule has 2 aromatic rings. The number of carboxylic acid groups (broad SMARTS) is 1. The van der Waals surface area contributed by atoms with Crippen molar-refractivity contribution in [2.75, 3.05) is 5.75 Å². The maximum absolute atomic E-state index is 10.7. The van der Waals surface area contributed by atoms with Crippen molar-refractivity contribution >= 4 is 60.9 Å². The van der Waals surface area contributed by atoms with Crippen LogP contribution < -0.4 is 0 Å². The van der Waals surface area contributed by atoms with Gasteiger partial charge in [-0.25, -0.2) is 0 Å². The summed E-state index contributed by atoms with van der Waals surface area (Å²) in [6.07, 6.45) is 0.930. The maximum atomic E-state index is 10.7. The minimum atomic E-state index is -0.857. The average Bonchev–Trinajstić information content (AvgIpc) is 2.92. The van der Waals surface area contributed by atoms with Crippen LogP contribution in [0.1, 0.15) is 13.3 Å². The molecule has 0 saturated carbocycles. The summed E-state index contributed by atoms with van der Waals surface area (Å²) in [5, 5.41) is 17.7. The summed E-state index contributed by atoms with van der Waals surface area (Å²) in [6.45, 7) is 2.83. The van der Waals surface area contributed by atoms with E-state index in [0.29, 0.717) is 5.16 Å². The lowest BCUT2D eigenvalue weighted by atomic mass is 10.4. The van der Waals surface area contributed by atoms with E-state index in [-0.39, 0.29) is 5.75 Å². The second-order valence-electron chi connectivity index (χ2n) is 3.87. The highest BCUT2D eigenvalue weighted by Gasteiger charge is 2.17. The van der Waals surface area contributed by atoms with Gasteiger partial charge in [-0.2, -0.15) is 0 Å². The van der Waals surface area contributed by atoms with E-state index < -0.39 is 5.97 Å². The Morgan fingerprint density at radius 3 is 2.80 bits per heavy atom. The first-order chi connectivity index (χ1) is 9.52. The number of aliphatic carboxylic acids is 1. The number of aromatic nitrogens is 3. The van der Waals surface area contributed by atoms with Gasteiger partial charge in [-0.3, -0.25) is 4.79 Å². The largest absolute Gasteiger partial charge is 0.481 e. The summed E-state index contributed by atoms with van der Waals surface area (Å²) in [5.74, 6) is -0.0972. The zero-order valence-electron chi connectivity index (χ0n) is 10.5. The number of halogens is 2. The van der Waals surface area contributed by atoms with Crippen molar-refractivity contribution in [3.8, 4) is 10.7 Å². The Balaban J connectivity index is 2.35. The van der Waals surface area contributed by atoms with E-state index in [1.54, 1.807) is 11.3 Å². The number of hydrogen-bond donors (Lipinski definition) is 1. The quantitative estimate of drug-likeness (QED) is 0.684. The Morgan fingerprint density at radius 1 is 1.50 bits per heavy atom. The molecule has 0 amide bonds.